The maximum Gasteiger partial charge on any atom is 0.260 e. The molecule has 0 amide bonds. The first kappa shape index (κ1) is 13.1. The Kier molecular flexibility index (Phi) is 4.04. The van der Waals surface area contributed by atoms with Gasteiger partial charge in [-0.3, -0.25) is 0 Å². The van der Waals surface area contributed by atoms with E-state index in [4.69, 9.17) is 10.2 Å². The van der Waals surface area contributed by atoms with Crippen molar-refractivity contribution in [1.29, 1.82) is 0 Å². The number of nitrogens with two attached hydrogens (primary N) is 1. The number of aryl methyl sites for hydroxylation is 2. The van der Waals surface area contributed by atoms with Gasteiger partial charge in [0.25, 0.3) is 5.22 Å². The second kappa shape index (κ2) is 5.54. The van der Waals surface area contributed by atoms with Gasteiger partial charge < -0.3 is 10.2 Å². The number of rotatable bonds is 4. The monoisotopic (exact) mass is 266 g/mol. The summed E-state index contributed by atoms with van der Waals surface area (Å²) in [5.41, 5.74) is 7.22. The molecule has 0 aliphatic carbocycles. The van der Waals surface area contributed by atoms with Crippen molar-refractivity contribution < 1.29 is 8.81 Å². The van der Waals surface area contributed by atoms with Gasteiger partial charge in [-0.25, -0.2) is 9.37 Å². The molecule has 18 heavy (non-hydrogen) atoms. The van der Waals surface area contributed by atoms with Gasteiger partial charge >= 0.3 is 0 Å². The quantitative estimate of drug-likeness (QED) is 0.924. The summed E-state index contributed by atoms with van der Waals surface area (Å²) in [5.74, 6) is 0.527. The molecule has 0 saturated carbocycles. The summed E-state index contributed by atoms with van der Waals surface area (Å²) in [6, 6.07) is 4.89. The van der Waals surface area contributed by atoms with Crippen molar-refractivity contribution in [2.24, 2.45) is 5.73 Å². The Morgan fingerprint density at radius 1 is 1.33 bits per heavy atom. The predicted molar refractivity (Wildman–Crippen MR) is 69.3 cm³/mol. The lowest BCUT2D eigenvalue weighted by Gasteiger charge is -2.03. The molecule has 0 atom stereocenters. The van der Waals surface area contributed by atoms with Crippen molar-refractivity contribution in [3.05, 3.63) is 41.0 Å². The number of nitrogens with zero attached hydrogens (tertiary/aromatic N) is 1. The van der Waals surface area contributed by atoms with Gasteiger partial charge in [0.2, 0.25) is 0 Å². The van der Waals surface area contributed by atoms with Crippen LogP contribution < -0.4 is 5.73 Å². The molecule has 0 aliphatic rings. The maximum atomic E-state index is 13.4. The van der Waals surface area contributed by atoms with E-state index < -0.39 is 0 Å². The largest absolute Gasteiger partial charge is 0.436 e. The average Bonchev–Trinajstić information content (AvgIpc) is 2.57. The third-order valence-corrected chi connectivity index (χ3v) is 3.40. The number of benzene rings is 1. The smallest absolute Gasteiger partial charge is 0.260 e. The lowest BCUT2D eigenvalue weighted by molar-refractivity contribution is 0.431. The standard InChI is InChI=1S/C13H15FN2OS/c1-8-9(2)17-13(16-8)18-12-6-10(3-4-15)5-11(14)7-12/h5-7H,3-4,15H2,1-2H3. The minimum atomic E-state index is -0.261. The van der Waals surface area contributed by atoms with Crippen LogP contribution in [0.4, 0.5) is 4.39 Å². The Morgan fingerprint density at radius 2 is 2.11 bits per heavy atom. The van der Waals surface area contributed by atoms with E-state index in [0.717, 1.165) is 21.9 Å². The Bertz CT molecular complexity index is 534. The van der Waals surface area contributed by atoms with E-state index in [1.54, 1.807) is 0 Å². The maximum absolute atomic E-state index is 13.4. The molecule has 1 heterocycles. The topological polar surface area (TPSA) is 52.0 Å². The van der Waals surface area contributed by atoms with E-state index >= 15 is 0 Å². The van der Waals surface area contributed by atoms with Crippen molar-refractivity contribution in [1.82, 2.24) is 4.98 Å². The van der Waals surface area contributed by atoms with Gasteiger partial charge in [0.1, 0.15) is 11.6 Å². The van der Waals surface area contributed by atoms with Crippen LogP contribution in [0.2, 0.25) is 0 Å². The van der Waals surface area contributed by atoms with Gasteiger partial charge in [-0.15, -0.1) is 0 Å². The van der Waals surface area contributed by atoms with E-state index in [1.807, 2.05) is 19.9 Å². The van der Waals surface area contributed by atoms with Crippen molar-refractivity contribution in [2.45, 2.75) is 30.4 Å². The van der Waals surface area contributed by atoms with Crippen molar-refractivity contribution >= 4 is 11.8 Å². The summed E-state index contributed by atoms with van der Waals surface area (Å²) >= 11 is 1.32. The van der Waals surface area contributed by atoms with Crippen molar-refractivity contribution in [2.75, 3.05) is 6.54 Å². The Morgan fingerprint density at radius 3 is 2.72 bits per heavy atom. The van der Waals surface area contributed by atoms with Gasteiger partial charge in [-0.05, 0) is 62.3 Å². The molecule has 0 radical (unpaired) electrons. The predicted octanol–water partition coefficient (Wildman–Crippen LogP) is 3.08. The zero-order valence-electron chi connectivity index (χ0n) is 10.4. The number of aromatic nitrogens is 1. The third kappa shape index (κ3) is 3.11. The van der Waals surface area contributed by atoms with E-state index in [2.05, 4.69) is 4.98 Å². The zero-order chi connectivity index (χ0) is 13.1. The molecule has 2 rings (SSSR count). The second-order valence-corrected chi connectivity index (χ2v) is 5.08. The van der Waals surface area contributed by atoms with Crippen LogP contribution in [0.5, 0.6) is 0 Å². The van der Waals surface area contributed by atoms with Gasteiger partial charge in [0, 0.05) is 4.90 Å². The van der Waals surface area contributed by atoms with Crippen molar-refractivity contribution in [3.63, 3.8) is 0 Å². The molecule has 2 N–H and O–H groups in total. The van der Waals surface area contributed by atoms with Crippen LogP contribution in [0.1, 0.15) is 17.0 Å². The molecule has 1 aromatic heterocycles. The first-order chi connectivity index (χ1) is 8.58. The molecule has 3 nitrogen and oxygen atoms in total. The summed E-state index contributed by atoms with van der Waals surface area (Å²) in [6.07, 6.45) is 0.662. The highest BCUT2D eigenvalue weighted by molar-refractivity contribution is 7.99. The van der Waals surface area contributed by atoms with Crippen LogP contribution in [0.25, 0.3) is 0 Å². The fourth-order valence-corrected chi connectivity index (χ4v) is 2.51. The normalized spacial score (nSPS) is 10.9. The van der Waals surface area contributed by atoms with Crippen LogP contribution in [0, 0.1) is 19.7 Å². The Hall–Kier alpha value is -1.33. The summed E-state index contributed by atoms with van der Waals surface area (Å²) in [6.45, 7) is 4.25. The highest BCUT2D eigenvalue weighted by Gasteiger charge is 2.09. The van der Waals surface area contributed by atoms with Gasteiger partial charge in [0.15, 0.2) is 0 Å². The molecular formula is C13H15FN2OS. The highest BCUT2D eigenvalue weighted by atomic mass is 32.2. The second-order valence-electron chi connectivity index (χ2n) is 4.06. The fraction of sp³-hybridized carbons (Fsp3) is 0.308. The SMILES string of the molecule is Cc1nc(Sc2cc(F)cc(CCN)c2)oc1C. The van der Waals surface area contributed by atoms with Crippen LogP contribution in [-0.4, -0.2) is 11.5 Å². The molecule has 2 aromatic rings. The lowest BCUT2D eigenvalue weighted by Crippen LogP contribution is -2.03. The van der Waals surface area contributed by atoms with Gasteiger partial charge in [-0.1, -0.05) is 0 Å². The molecule has 0 fully saturated rings. The molecule has 96 valence electrons. The summed E-state index contributed by atoms with van der Waals surface area (Å²) in [7, 11) is 0. The zero-order valence-corrected chi connectivity index (χ0v) is 11.2. The number of hydrogen-bond donors (Lipinski definition) is 1. The molecule has 5 heteroatoms. The first-order valence-electron chi connectivity index (χ1n) is 5.70. The van der Waals surface area contributed by atoms with Crippen LogP contribution in [-0.2, 0) is 6.42 Å². The highest BCUT2D eigenvalue weighted by Crippen LogP contribution is 2.29. The van der Waals surface area contributed by atoms with Crippen molar-refractivity contribution in [3.8, 4) is 0 Å². The van der Waals surface area contributed by atoms with E-state index in [0.29, 0.717) is 18.2 Å². The molecule has 1 aromatic carbocycles. The van der Waals surface area contributed by atoms with E-state index in [1.165, 1.54) is 23.9 Å². The third-order valence-electron chi connectivity index (χ3n) is 2.58. The van der Waals surface area contributed by atoms with Crippen LogP contribution in [0.3, 0.4) is 0 Å². The molecular weight excluding hydrogens is 251 g/mol. The molecule has 0 spiro atoms. The molecule has 0 aliphatic heterocycles. The lowest BCUT2D eigenvalue weighted by atomic mass is 10.1. The summed E-state index contributed by atoms with van der Waals surface area (Å²) in [4.78, 5) is 5.04. The first-order valence-corrected chi connectivity index (χ1v) is 6.51. The number of halogens is 1. The Balaban J connectivity index is 2.22. The number of oxazole rings is 1. The van der Waals surface area contributed by atoms with Crippen LogP contribution >= 0.6 is 11.8 Å². The van der Waals surface area contributed by atoms with E-state index in [9.17, 15) is 4.39 Å². The van der Waals surface area contributed by atoms with Gasteiger partial charge in [0.05, 0.1) is 5.69 Å². The molecule has 0 saturated heterocycles. The minimum Gasteiger partial charge on any atom is -0.436 e. The Labute approximate surface area is 110 Å². The fourth-order valence-electron chi connectivity index (χ4n) is 1.58. The summed E-state index contributed by atoms with van der Waals surface area (Å²) < 4.78 is 18.9. The van der Waals surface area contributed by atoms with Gasteiger partial charge in [-0.2, -0.15) is 0 Å². The number of hydrogen-bond acceptors (Lipinski definition) is 4. The van der Waals surface area contributed by atoms with Crippen LogP contribution in [0.15, 0.2) is 32.7 Å². The average molecular weight is 266 g/mol. The molecule has 0 unspecified atom stereocenters. The van der Waals surface area contributed by atoms with E-state index in [-0.39, 0.29) is 5.82 Å². The summed E-state index contributed by atoms with van der Waals surface area (Å²) in [5, 5.41) is 0.536. The minimum absolute atomic E-state index is 0.261. The molecule has 0 bridgehead atoms.